The van der Waals surface area contributed by atoms with Gasteiger partial charge in [-0.1, -0.05) is 23.7 Å². The average Bonchev–Trinajstić information content (AvgIpc) is 2.08. The van der Waals surface area contributed by atoms with Crippen molar-refractivity contribution in [2.75, 3.05) is 0 Å². The summed E-state index contributed by atoms with van der Waals surface area (Å²) in [6, 6.07) is 5.80. The summed E-state index contributed by atoms with van der Waals surface area (Å²) in [5, 5.41) is 10.7. The Bertz CT molecular complexity index is 349. The van der Waals surface area contributed by atoms with E-state index in [1.165, 1.54) is 0 Å². The first-order valence-electron chi connectivity index (χ1n) is 4.37. The van der Waals surface area contributed by atoms with Crippen LogP contribution in [0, 0.1) is 12.3 Å². The van der Waals surface area contributed by atoms with Crippen molar-refractivity contribution >= 4 is 17.6 Å². The van der Waals surface area contributed by atoms with E-state index >= 15 is 0 Å². The number of rotatable bonds is 2. The van der Waals surface area contributed by atoms with Crippen LogP contribution in [0.15, 0.2) is 18.2 Å². The molecule has 0 amide bonds. The molecule has 0 spiro atoms. The van der Waals surface area contributed by atoms with Gasteiger partial charge in [-0.2, -0.15) is 0 Å². The van der Waals surface area contributed by atoms with Crippen molar-refractivity contribution in [3.05, 3.63) is 34.3 Å². The predicted octanol–water partition coefficient (Wildman–Crippen LogP) is 2.19. The molecule has 0 aliphatic heterocycles. The largest absolute Gasteiger partial charge is 0.370 e. The number of nitrogens with two attached hydrogens (primary N) is 1. The molecule has 0 fully saturated rings. The maximum atomic E-state index is 7.11. The minimum atomic E-state index is -0.0231. The Morgan fingerprint density at radius 2 is 2.21 bits per heavy atom. The van der Waals surface area contributed by atoms with Gasteiger partial charge in [-0.3, -0.25) is 5.41 Å². The van der Waals surface area contributed by atoms with Crippen LogP contribution in [-0.2, 0) is 0 Å². The average molecular weight is 212 g/mol. The van der Waals surface area contributed by atoms with E-state index in [4.69, 9.17) is 22.7 Å². The van der Waals surface area contributed by atoms with Crippen LogP contribution < -0.4 is 11.1 Å². The second-order valence-electron chi connectivity index (χ2n) is 3.29. The number of nitrogens with one attached hydrogen (secondary N) is 2. The Balaban J connectivity index is 2.85. The molecular weight excluding hydrogens is 198 g/mol. The summed E-state index contributed by atoms with van der Waals surface area (Å²) in [5.41, 5.74) is 7.35. The maximum absolute atomic E-state index is 7.11. The third kappa shape index (κ3) is 2.64. The van der Waals surface area contributed by atoms with E-state index in [0.717, 1.165) is 16.1 Å². The zero-order valence-electron chi connectivity index (χ0n) is 8.26. The molecule has 4 heteroatoms. The Hall–Kier alpha value is -1.22. The number of hydrogen-bond donors (Lipinski definition) is 3. The monoisotopic (exact) mass is 211 g/mol. The van der Waals surface area contributed by atoms with Gasteiger partial charge in [0.15, 0.2) is 5.96 Å². The molecule has 0 aliphatic rings. The maximum Gasteiger partial charge on any atom is 0.186 e. The van der Waals surface area contributed by atoms with Crippen LogP contribution in [0.3, 0.4) is 0 Å². The predicted molar refractivity (Wildman–Crippen MR) is 59.7 cm³/mol. The van der Waals surface area contributed by atoms with Crippen LogP contribution >= 0.6 is 11.6 Å². The van der Waals surface area contributed by atoms with Crippen LogP contribution in [-0.4, -0.2) is 5.96 Å². The van der Waals surface area contributed by atoms with Crippen LogP contribution in [0.5, 0.6) is 0 Å². The molecule has 1 aromatic rings. The highest BCUT2D eigenvalue weighted by Gasteiger charge is 2.06. The van der Waals surface area contributed by atoms with Crippen molar-refractivity contribution in [2.45, 2.75) is 19.9 Å². The molecule has 1 rings (SSSR count). The molecule has 0 saturated heterocycles. The van der Waals surface area contributed by atoms with E-state index in [1.54, 1.807) is 0 Å². The standard InChI is InChI=1S/C10H14ClN3/c1-6-5-8(3-4-9(6)11)7(2)14-10(12)13/h3-5,7H,1-2H3,(H4,12,13,14). The molecule has 0 heterocycles. The molecule has 0 bridgehead atoms. The molecule has 0 aliphatic carbocycles. The van der Waals surface area contributed by atoms with Crippen LogP contribution in [0.2, 0.25) is 5.02 Å². The summed E-state index contributed by atoms with van der Waals surface area (Å²) in [7, 11) is 0. The van der Waals surface area contributed by atoms with E-state index in [1.807, 2.05) is 32.0 Å². The minimum Gasteiger partial charge on any atom is -0.370 e. The van der Waals surface area contributed by atoms with Crippen LogP contribution in [0.1, 0.15) is 24.1 Å². The highest BCUT2D eigenvalue weighted by molar-refractivity contribution is 6.31. The van der Waals surface area contributed by atoms with Crippen molar-refractivity contribution in [1.29, 1.82) is 5.41 Å². The van der Waals surface area contributed by atoms with Gasteiger partial charge in [0, 0.05) is 5.02 Å². The first kappa shape index (κ1) is 10.9. The fourth-order valence-corrected chi connectivity index (χ4v) is 1.37. The highest BCUT2D eigenvalue weighted by Crippen LogP contribution is 2.20. The quantitative estimate of drug-likeness (QED) is 0.519. The topological polar surface area (TPSA) is 61.9 Å². The lowest BCUT2D eigenvalue weighted by Gasteiger charge is -2.14. The zero-order valence-corrected chi connectivity index (χ0v) is 9.02. The molecule has 14 heavy (non-hydrogen) atoms. The first-order chi connectivity index (χ1) is 6.50. The summed E-state index contributed by atoms with van der Waals surface area (Å²) in [5.74, 6) is -0.0231. The van der Waals surface area contributed by atoms with Crippen molar-refractivity contribution in [2.24, 2.45) is 5.73 Å². The molecule has 1 aromatic carbocycles. The molecule has 0 saturated carbocycles. The number of halogens is 1. The Kier molecular flexibility index (Phi) is 3.36. The minimum absolute atomic E-state index is 0.0231. The smallest absolute Gasteiger partial charge is 0.186 e. The second kappa shape index (κ2) is 4.33. The zero-order chi connectivity index (χ0) is 10.7. The Labute approximate surface area is 88.8 Å². The van der Waals surface area contributed by atoms with Gasteiger partial charge in [-0.25, -0.2) is 0 Å². The van der Waals surface area contributed by atoms with E-state index < -0.39 is 0 Å². The third-order valence-electron chi connectivity index (χ3n) is 2.05. The van der Waals surface area contributed by atoms with Crippen molar-refractivity contribution in [3.63, 3.8) is 0 Å². The van der Waals surface area contributed by atoms with Crippen LogP contribution in [0.4, 0.5) is 0 Å². The fourth-order valence-electron chi connectivity index (χ4n) is 1.25. The van der Waals surface area contributed by atoms with E-state index in [9.17, 15) is 0 Å². The summed E-state index contributed by atoms with van der Waals surface area (Å²) in [6.07, 6.45) is 0. The molecule has 76 valence electrons. The molecule has 0 aromatic heterocycles. The van der Waals surface area contributed by atoms with Crippen molar-refractivity contribution in [1.82, 2.24) is 5.32 Å². The number of guanidine groups is 1. The summed E-state index contributed by atoms with van der Waals surface area (Å²) in [6.45, 7) is 3.90. The highest BCUT2D eigenvalue weighted by atomic mass is 35.5. The van der Waals surface area contributed by atoms with Gasteiger partial charge in [0.2, 0.25) is 0 Å². The number of hydrogen-bond acceptors (Lipinski definition) is 1. The number of aryl methyl sites for hydroxylation is 1. The Morgan fingerprint density at radius 3 is 2.71 bits per heavy atom. The normalized spacial score (nSPS) is 12.2. The summed E-state index contributed by atoms with van der Waals surface area (Å²) < 4.78 is 0. The summed E-state index contributed by atoms with van der Waals surface area (Å²) in [4.78, 5) is 0. The lowest BCUT2D eigenvalue weighted by atomic mass is 10.1. The van der Waals surface area contributed by atoms with Gasteiger partial charge in [0.05, 0.1) is 6.04 Å². The van der Waals surface area contributed by atoms with Gasteiger partial charge in [-0.15, -0.1) is 0 Å². The lowest BCUT2D eigenvalue weighted by molar-refractivity contribution is 0.708. The fraction of sp³-hybridized carbons (Fsp3) is 0.300. The van der Waals surface area contributed by atoms with E-state index in [0.29, 0.717) is 0 Å². The Morgan fingerprint density at radius 1 is 1.57 bits per heavy atom. The molecule has 1 unspecified atom stereocenters. The molecular formula is C10H14ClN3. The van der Waals surface area contributed by atoms with Gasteiger partial charge in [0.1, 0.15) is 0 Å². The second-order valence-corrected chi connectivity index (χ2v) is 3.70. The molecule has 4 N–H and O–H groups in total. The van der Waals surface area contributed by atoms with Crippen LogP contribution in [0.25, 0.3) is 0 Å². The summed E-state index contributed by atoms with van der Waals surface area (Å²) >= 11 is 5.90. The van der Waals surface area contributed by atoms with E-state index in [2.05, 4.69) is 5.32 Å². The van der Waals surface area contributed by atoms with Gasteiger partial charge in [0.25, 0.3) is 0 Å². The van der Waals surface area contributed by atoms with E-state index in [-0.39, 0.29) is 12.0 Å². The number of benzene rings is 1. The van der Waals surface area contributed by atoms with Crippen molar-refractivity contribution in [3.8, 4) is 0 Å². The third-order valence-corrected chi connectivity index (χ3v) is 2.48. The SMILES string of the molecule is Cc1cc(C(C)NC(=N)N)ccc1Cl. The van der Waals surface area contributed by atoms with Gasteiger partial charge in [-0.05, 0) is 31.0 Å². The lowest BCUT2D eigenvalue weighted by Crippen LogP contribution is -2.32. The van der Waals surface area contributed by atoms with Gasteiger partial charge < -0.3 is 11.1 Å². The molecule has 0 radical (unpaired) electrons. The van der Waals surface area contributed by atoms with Crippen molar-refractivity contribution < 1.29 is 0 Å². The molecule has 3 nitrogen and oxygen atoms in total. The van der Waals surface area contributed by atoms with Gasteiger partial charge >= 0.3 is 0 Å². The first-order valence-corrected chi connectivity index (χ1v) is 4.75. The molecule has 1 atom stereocenters.